The second kappa shape index (κ2) is 9.65. The van der Waals surface area contributed by atoms with Gasteiger partial charge in [-0.05, 0) is 74.3 Å². The molecule has 1 N–H and O–H groups in total. The number of hydrogen-bond acceptors (Lipinski definition) is 5. The minimum Gasteiger partial charge on any atom is -0.369 e. The van der Waals surface area contributed by atoms with E-state index in [1.807, 2.05) is 19.1 Å². The van der Waals surface area contributed by atoms with Crippen LogP contribution >= 0.6 is 11.6 Å². The number of anilines is 2. The molecule has 0 radical (unpaired) electrons. The van der Waals surface area contributed by atoms with Crippen molar-refractivity contribution in [1.82, 2.24) is 4.90 Å². The highest BCUT2D eigenvalue weighted by Gasteiger charge is 2.53. The van der Waals surface area contributed by atoms with Crippen LogP contribution in [0.5, 0.6) is 0 Å². The fraction of sp³-hybridized carbons (Fsp3) is 0.480. The number of likely N-dealkylation sites (N-methyl/N-ethyl adjacent to an activating group) is 1. The maximum Gasteiger partial charge on any atom is 0.246 e. The Bertz CT molecular complexity index is 1100. The molecule has 2 aromatic rings. The summed E-state index contributed by atoms with van der Waals surface area (Å²) >= 11 is 5.95. The van der Waals surface area contributed by atoms with E-state index in [2.05, 4.69) is 28.1 Å². The Morgan fingerprint density at radius 3 is 2.24 bits per heavy atom. The lowest BCUT2D eigenvalue weighted by Crippen LogP contribution is -2.47. The van der Waals surface area contributed by atoms with Crippen molar-refractivity contribution in [1.29, 1.82) is 0 Å². The molecule has 1 saturated heterocycles. The van der Waals surface area contributed by atoms with Gasteiger partial charge in [-0.3, -0.25) is 4.79 Å². The standard InChI is InChI=1S/C25H32ClN3O3S/c1-3-28-14-16-29(17-15-28)21-8-11-23(19(2)18-21)27-24(30)25(12-4-5-13-25)33(31,32)22-9-6-20(26)7-10-22/h6-11,18H,3-5,12-17H2,1-2H3,(H,27,30). The first kappa shape index (κ1) is 24.0. The van der Waals surface area contributed by atoms with Crippen molar-refractivity contribution in [3.63, 3.8) is 0 Å². The highest BCUT2D eigenvalue weighted by atomic mass is 35.5. The van der Waals surface area contributed by atoms with Gasteiger partial charge in [-0.15, -0.1) is 0 Å². The summed E-state index contributed by atoms with van der Waals surface area (Å²) < 4.78 is 25.7. The zero-order valence-electron chi connectivity index (χ0n) is 19.3. The molecule has 33 heavy (non-hydrogen) atoms. The zero-order chi connectivity index (χ0) is 23.6. The van der Waals surface area contributed by atoms with E-state index in [1.54, 1.807) is 12.1 Å². The van der Waals surface area contributed by atoms with Crippen LogP contribution in [0.3, 0.4) is 0 Å². The molecule has 1 amide bonds. The zero-order valence-corrected chi connectivity index (χ0v) is 20.9. The Morgan fingerprint density at radius 2 is 1.67 bits per heavy atom. The number of carbonyl (C=O) groups is 1. The van der Waals surface area contributed by atoms with Crippen molar-refractivity contribution in [2.24, 2.45) is 0 Å². The lowest BCUT2D eigenvalue weighted by atomic mass is 10.1. The van der Waals surface area contributed by atoms with Crippen molar-refractivity contribution >= 4 is 38.7 Å². The Balaban J connectivity index is 1.55. The van der Waals surface area contributed by atoms with E-state index in [0.29, 0.717) is 36.4 Å². The molecule has 2 fully saturated rings. The normalized spacial score (nSPS) is 18.9. The molecule has 0 spiro atoms. The number of rotatable bonds is 6. The van der Waals surface area contributed by atoms with E-state index < -0.39 is 20.5 Å². The van der Waals surface area contributed by atoms with Gasteiger partial charge in [0, 0.05) is 42.6 Å². The number of piperazine rings is 1. The van der Waals surface area contributed by atoms with E-state index in [4.69, 9.17) is 11.6 Å². The molecule has 2 aromatic carbocycles. The molecule has 4 rings (SSSR count). The third kappa shape index (κ3) is 4.63. The quantitative estimate of drug-likeness (QED) is 0.646. The molecule has 0 atom stereocenters. The second-order valence-electron chi connectivity index (χ2n) is 9.03. The lowest BCUT2D eigenvalue weighted by Gasteiger charge is -2.35. The minimum atomic E-state index is -3.87. The summed E-state index contributed by atoms with van der Waals surface area (Å²) in [4.78, 5) is 18.4. The monoisotopic (exact) mass is 489 g/mol. The van der Waals surface area contributed by atoms with Crippen LogP contribution in [-0.4, -0.2) is 56.7 Å². The summed E-state index contributed by atoms with van der Waals surface area (Å²) in [5, 5.41) is 3.42. The molecular weight excluding hydrogens is 458 g/mol. The number of amides is 1. The molecule has 8 heteroatoms. The summed E-state index contributed by atoms with van der Waals surface area (Å²) in [6, 6.07) is 12.1. The Morgan fingerprint density at radius 1 is 1.03 bits per heavy atom. The summed E-state index contributed by atoms with van der Waals surface area (Å²) in [5.41, 5.74) is 2.72. The van der Waals surface area contributed by atoms with Gasteiger partial charge >= 0.3 is 0 Å². The number of benzene rings is 2. The van der Waals surface area contributed by atoms with Crippen LogP contribution in [0, 0.1) is 6.92 Å². The van der Waals surface area contributed by atoms with Crippen LogP contribution in [-0.2, 0) is 14.6 Å². The molecule has 1 heterocycles. The van der Waals surface area contributed by atoms with Crippen LogP contribution in [0.15, 0.2) is 47.4 Å². The maximum absolute atomic E-state index is 13.6. The van der Waals surface area contributed by atoms with Crippen LogP contribution in [0.2, 0.25) is 5.02 Å². The second-order valence-corrected chi connectivity index (χ2v) is 11.7. The third-order valence-corrected chi connectivity index (χ3v) is 9.87. The Hall–Kier alpha value is -2.09. The van der Waals surface area contributed by atoms with Gasteiger partial charge in [-0.2, -0.15) is 0 Å². The molecule has 0 aromatic heterocycles. The minimum absolute atomic E-state index is 0.141. The highest BCUT2D eigenvalue weighted by Crippen LogP contribution is 2.42. The number of nitrogens with one attached hydrogen (secondary N) is 1. The Labute approximate surface area is 201 Å². The van der Waals surface area contributed by atoms with Gasteiger partial charge in [-0.1, -0.05) is 31.4 Å². The van der Waals surface area contributed by atoms with Gasteiger partial charge in [0.25, 0.3) is 0 Å². The maximum atomic E-state index is 13.6. The number of nitrogens with zero attached hydrogens (tertiary/aromatic N) is 2. The smallest absolute Gasteiger partial charge is 0.246 e. The van der Waals surface area contributed by atoms with Gasteiger partial charge in [-0.25, -0.2) is 8.42 Å². The number of carbonyl (C=O) groups excluding carboxylic acids is 1. The number of sulfone groups is 1. The largest absolute Gasteiger partial charge is 0.369 e. The molecule has 6 nitrogen and oxygen atoms in total. The molecule has 1 saturated carbocycles. The molecule has 178 valence electrons. The van der Waals surface area contributed by atoms with Crippen LogP contribution < -0.4 is 10.2 Å². The predicted octanol–water partition coefficient (Wildman–Crippen LogP) is 4.52. The Kier molecular flexibility index (Phi) is 7.03. The summed E-state index contributed by atoms with van der Waals surface area (Å²) in [7, 11) is -3.87. The number of halogens is 1. The van der Waals surface area contributed by atoms with Gasteiger partial charge in [0.1, 0.15) is 0 Å². The molecule has 1 aliphatic carbocycles. The molecule has 1 aliphatic heterocycles. The first-order valence-corrected chi connectivity index (χ1v) is 13.5. The number of aryl methyl sites for hydroxylation is 1. The summed E-state index contributed by atoms with van der Waals surface area (Å²) in [6.45, 7) is 9.23. The summed E-state index contributed by atoms with van der Waals surface area (Å²) in [5.74, 6) is -0.442. The SMILES string of the molecule is CCN1CCN(c2ccc(NC(=O)C3(S(=O)(=O)c4ccc(Cl)cc4)CCCC3)c(C)c2)CC1. The highest BCUT2D eigenvalue weighted by molar-refractivity contribution is 7.93. The average molecular weight is 490 g/mol. The van der Waals surface area contributed by atoms with Crippen LogP contribution in [0.4, 0.5) is 11.4 Å². The van der Waals surface area contributed by atoms with E-state index in [1.165, 1.54) is 12.1 Å². The van der Waals surface area contributed by atoms with E-state index >= 15 is 0 Å². The van der Waals surface area contributed by atoms with Crippen LogP contribution in [0.25, 0.3) is 0 Å². The van der Waals surface area contributed by atoms with Crippen molar-refractivity contribution in [2.75, 3.05) is 42.9 Å². The predicted molar refractivity (Wildman–Crippen MR) is 134 cm³/mol. The molecule has 0 unspecified atom stereocenters. The van der Waals surface area contributed by atoms with Gasteiger partial charge in [0.05, 0.1) is 4.90 Å². The fourth-order valence-electron chi connectivity index (χ4n) is 4.95. The van der Waals surface area contributed by atoms with E-state index in [0.717, 1.165) is 44.0 Å². The van der Waals surface area contributed by atoms with Gasteiger partial charge < -0.3 is 15.1 Å². The average Bonchev–Trinajstić information content (AvgIpc) is 3.33. The van der Waals surface area contributed by atoms with Crippen molar-refractivity contribution in [2.45, 2.75) is 49.2 Å². The van der Waals surface area contributed by atoms with Crippen molar-refractivity contribution in [3.05, 3.63) is 53.1 Å². The third-order valence-electron chi connectivity index (χ3n) is 7.11. The van der Waals surface area contributed by atoms with Crippen molar-refractivity contribution in [3.8, 4) is 0 Å². The topological polar surface area (TPSA) is 69.7 Å². The van der Waals surface area contributed by atoms with Crippen molar-refractivity contribution < 1.29 is 13.2 Å². The molecule has 0 bridgehead atoms. The molecular formula is C25H32ClN3O3S. The first-order chi connectivity index (χ1) is 15.8. The number of hydrogen-bond donors (Lipinski definition) is 1. The first-order valence-electron chi connectivity index (χ1n) is 11.7. The van der Waals surface area contributed by atoms with Gasteiger partial charge in [0.15, 0.2) is 14.6 Å². The van der Waals surface area contributed by atoms with E-state index in [9.17, 15) is 13.2 Å². The summed E-state index contributed by atoms with van der Waals surface area (Å²) in [6.07, 6.45) is 2.06. The van der Waals surface area contributed by atoms with Crippen LogP contribution in [0.1, 0.15) is 38.2 Å². The van der Waals surface area contributed by atoms with E-state index in [-0.39, 0.29) is 4.90 Å². The van der Waals surface area contributed by atoms with Gasteiger partial charge in [0.2, 0.25) is 5.91 Å². The lowest BCUT2D eigenvalue weighted by molar-refractivity contribution is -0.118. The molecule has 2 aliphatic rings. The fourth-order valence-corrected chi connectivity index (χ4v) is 7.14.